The zero-order valence-electron chi connectivity index (χ0n) is 11.0. The van der Waals surface area contributed by atoms with Crippen molar-refractivity contribution in [1.29, 1.82) is 0 Å². The molecule has 0 aliphatic rings. The van der Waals surface area contributed by atoms with E-state index in [-0.39, 0.29) is 11.4 Å². The minimum absolute atomic E-state index is 0.0755. The minimum Gasteiger partial charge on any atom is -0.320 e. The van der Waals surface area contributed by atoms with Crippen LogP contribution in [0.3, 0.4) is 0 Å². The Hall–Kier alpha value is -1.28. The summed E-state index contributed by atoms with van der Waals surface area (Å²) in [7, 11) is -1.86. The third-order valence-electron chi connectivity index (χ3n) is 2.55. The lowest BCUT2D eigenvalue weighted by Crippen LogP contribution is -2.18. The second-order valence-electron chi connectivity index (χ2n) is 4.31. The molecule has 1 aromatic carbocycles. The van der Waals surface area contributed by atoms with E-state index in [0.717, 1.165) is 12.1 Å². The van der Waals surface area contributed by atoms with Crippen LogP contribution >= 0.6 is 0 Å². The van der Waals surface area contributed by atoms with E-state index in [1.54, 1.807) is 7.05 Å². The van der Waals surface area contributed by atoms with Gasteiger partial charge in [0.1, 0.15) is 0 Å². The Bertz CT molecular complexity index is 530. The first-order valence-electron chi connectivity index (χ1n) is 6.07. The lowest BCUT2D eigenvalue weighted by Gasteiger charge is -2.11. The van der Waals surface area contributed by atoms with Gasteiger partial charge >= 0.3 is 6.18 Å². The molecular weight excluding hydrogens is 293 g/mol. The van der Waals surface area contributed by atoms with Gasteiger partial charge in [0.15, 0.2) is 0 Å². The van der Waals surface area contributed by atoms with E-state index in [9.17, 15) is 21.6 Å². The van der Waals surface area contributed by atoms with Crippen LogP contribution in [0.25, 0.3) is 0 Å². The van der Waals surface area contributed by atoms with Crippen molar-refractivity contribution in [2.75, 3.05) is 24.1 Å². The highest BCUT2D eigenvalue weighted by Crippen LogP contribution is 2.30. The van der Waals surface area contributed by atoms with E-state index in [0.29, 0.717) is 19.4 Å². The minimum atomic E-state index is -4.49. The van der Waals surface area contributed by atoms with Gasteiger partial charge < -0.3 is 5.32 Å². The van der Waals surface area contributed by atoms with E-state index in [4.69, 9.17) is 0 Å². The first-order valence-corrected chi connectivity index (χ1v) is 7.72. The molecule has 0 radical (unpaired) electrons. The quantitative estimate of drug-likeness (QED) is 0.761. The molecule has 1 aromatic rings. The Kier molecular flexibility index (Phi) is 5.82. The first-order chi connectivity index (χ1) is 9.24. The van der Waals surface area contributed by atoms with Crippen LogP contribution in [0.2, 0.25) is 0 Å². The van der Waals surface area contributed by atoms with Crippen molar-refractivity contribution < 1.29 is 21.6 Å². The average molecular weight is 310 g/mol. The van der Waals surface area contributed by atoms with E-state index >= 15 is 0 Å². The smallest absolute Gasteiger partial charge is 0.320 e. The maximum Gasteiger partial charge on any atom is 0.416 e. The lowest BCUT2D eigenvalue weighted by atomic mass is 10.2. The Morgan fingerprint density at radius 1 is 1.20 bits per heavy atom. The number of benzene rings is 1. The summed E-state index contributed by atoms with van der Waals surface area (Å²) in [5, 5.41) is 2.89. The number of nitrogens with one attached hydrogen (secondary N) is 2. The van der Waals surface area contributed by atoms with Gasteiger partial charge in [0.05, 0.1) is 11.3 Å². The molecule has 114 valence electrons. The summed E-state index contributed by atoms with van der Waals surface area (Å²) >= 11 is 0. The Labute approximate surface area is 116 Å². The molecule has 0 aliphatic heterocycles. The third kappa shape index (κ3) is 5.79. The van der Waals surface area contributed by atoms with Gasteiger partial charge in [0.25, 0.3) is 0 Å². The SMILES string of the molecule is CNCCCCS(=O)(=O)Nc1cccc(C(F)(F)F)c1. The molecule has 0 aromatic heterocycles. The molecule has 8 heteroatoms. The van der Waals surface area contributed by atoms with E-state index in [1.807, 2.05) is 0 Å². The number of sulfonamides is 1. The van der Waals surface area contributed by atoms with E-state index < -0.39 is 21.8 Å². The van der Waals surface area contributed by atoms with Gasteiger partial charge in [-0.15, -0.1) is 0 Å². The monoisotopic (exact) mass is 310 g/mol. The van der Waals surface area contributed by atoms with Gasteiger partial charge in [-0.1, -0.05) is 6.07 Å². The number of hydrogen-bond donors (Lipinski definition) is 2. The second-order valence-corrected chi connectivity index (χ2v) is 6.15. The fourth-order valence-electron chi connectivity index (χ4n) is 1.58. The van der Waals surface area contributed by atoms with Crippen LogP contribution in [-0.4, -0.2) is 27.8 Å². The standard InChI is InChI=1S/C12H17F3N2O2S/c1-16-7-2-3-8-20(18,19)17-11-6-4-5-10(9-11)12(13,14)15/h4-6,9,16-17H,2-3,7-8H2,1H3. The average Bonchev–Trinajstić information content (AvgIpc) is 2.33. The van der Waals surface area contributed by atoms with Crippen molar-refractivity contribution in [2.45, 2.75) is 19.0 Å². The fraction of sp³-hybridized carbons (Fsp3) is 0.500. The molecule has 2 N–H and O–H groups in total. The molecule has 1 rings (SSSR count). The van der Waals surface area contributed by atoms with Crippen molar-refractivity contribution in [3.63, 3.8) is 0 Å². The highest BCUT2D eigenvalue weighted by atomic mass is 32.2. The zero-order chi connectivity index (χ0) is 15.2. The topological polar surface area (TPSA) is 58.2 Å². The molecule has 0 aliphatic carbocycles. The number of alkyl halides is 3. The molecule has 0 heterocycles. The molecule has 0 amide bonds. The van der Waals surface area contributed by atoms with Crippen LogP contribution in [0.4, 0.5) is 18.9 Å². The summed E-state index contributed by atoms with van der Waals surface area (Å²) in [6.45, 7) is 0.694. The predicted octanol–water partition coefficient (Wildman–Crippen LogP) is 2.45. The van der Waals surface area contributed by atoms with Crippen LogP contribution in [0.5, 0.6) is 0 Å². The van der Waals surface area contributed by atoms with Crippen molar-refractivity contribution in [2.24, 2.45) is 0 Å². The molecule has 20 heavy (non-hydrogen) atoms. The van der Waals surface area contributed by atoms with Crippen LogP contribution < -0.4 is 10.0 Å². The highest BCUT2D eigenvalue weighted by Gasteiger charge is 2.30. The summed E-state index contributed by atoms with van der Waals surface area (Å²) in [6.07, 6.45) is -3.37. The molecule has 0 saturated carbocycles. The molecular formula is C12H17F3N2O2S. The number of rotatable bonds is 7. The van der Waals surface area contributed by atoms with Crippen molar-refractivity contribution >= 4 is 15.7 Å². The Balaban J connectivity index is 2.68. The zero-order valence-corrected chi connectivity index (χ0v) is 11.8. The van der Waals surface area contributed by atoms with E-state index in [1.165, 1.54) is 12.1 Å². The largest absolute Gasteiger partial charge is 0.416 e. The summed E-state index contributed by atoms with van der Waals surface area (Å²) in [5.74, 6) is -0.120. The maximum atomic E-state index is 12.5. The summed E-state index contributed by atoms with van der Waals surface area (Å²) < 4.78 is 63.1. The Morgan fingerprint density at radius 2 is 1.90 bits per heavy atom. The lowest BCUT2D eigenvalue weighted by molar-refractivity contribution is -0.137. The van der Waals surface area contributed by atoms with Gasteiger partial charge in [-0.25, -0.2) is 8.42 Å². The second kappa shape index (κ2) is 6.94. The van der Waals surface area contributed by atoms with Gasteiger partial charge in [-0.3, -0.25) is 4.72 Å². The number of unbranched alkanes of at least 4 members (excludes halogenated alkanes) is 1. The predicted molar refractivity (Wildman–Crippen MR) is 72.0 cm³/mol. The summed E-state index contributed by atoms with van der Waals surface area (Å²) in [4.78, 5) is 0. The van der Waals surface area contributed by atoms with Crippen molar-refractivity contribution in [1.82, 2.24) is 5.32 Å². The van der Waals surface area contributed by atoms with Crippen LogP contribution in [0, 0.1) is 0 Å². The van der Waals surface area contributed by atoms with Gasteiger partial charge in [0.2, 0.25) is 10.0 Å². The van der Waals surface area contributed by atoms with E-state index in [2.05, 4.69) is 10.0 Å². The molecule has 0 atom stereocenters. The van der Waals surface area contributed by atoms with Crippen LogP contribution in [0.1, 0.15) is 18.4 Å². The summed E-state index contributed by atoms with van der Waals surface area (Å²) in [5.41, 5.74) is -0.957. The van der Waals surface area contributed by atoms with Gasteiger partial charge in [0, 0.05) is 5.69 Å². The molecule has 0 fully saturated rings. The highest BCUT2D eigenvalue weighted by molar-refractivity contribution is 7.92. The normalized spacial score (nSPS) is 12.4. The van der Waals surface area contributed by atoms with Crippen LogP contribution in [0.15, 0.2) is 24.3 Å². The van der Waals surface area contributed by atoms with Gasteiger partial charge in [-0.2, -0.15) is 13.2 Å². The number of halogens is 3. The maximum absolute atomic E-state index is 12.5. The number of hydrogen-bond acceptors (Lipinski definition) is 3. The van der Waals surface area contributed by atoms with Crippen molar-refractivity contribution in [3.8, 4) is 0 Å². The molecule has 0 unspecified atom stereocenters. The molecule has 0 saturated heterocycles. The Morgan fingerprint density at radius 3 is 2.50 bits per heavy atom. The van der Waals surface area contributed by atoms with Crippen molar-refractivity contribution in [3.05, 3.63) is 29.8 Å². The first kappa shape index (κ1) is 16.8. The fourth-order valence-corrected chi connectivity index (χ4v) is 2.76. The molecule has 0 spiro atoms. The summed E-state index contributed by atoms with van der Waals surface area (Å²) in [6, 6.07) is 4.14. The van der Waals surface area contributed by atoms with Crippen LogP contribution in [-0.2, 0) is 16.2 Å². The number of anilines is 1. The molecule has 0 bridgehead atoms. The molecule has 4 nitrogen and oxygen atoms in total. The van der Waals surface area contributed by atoms with Gasteiger partial charge in [-0.05, 0) is 44.6 Å². The third-order valence-corrected chi connectivity index (χ3v) is 3.93.